The van der Waals surface area contributed by atoms with Gasteiger partial charge in [-0.05, 0) is 31.4 Å². The van der Waals surface area contributed by atoms with Gasteiger partial charge in [0.2, 0.25) is 0 Å². The summed E-state index contributed by atoms with van der Waals surface area (Å²) in [7, 11) is 1.67. The Morgan fingerprint density at radius 3 is 2.86 bits per heavy atom. The number of nitrogens with two attached hydrogens (primary N) is 1. The van der Waals surface area contributed by atoms with E-state index in [-0.39, 0.29) is 0 Å². The molecule has 3 aromatic rings. The van der Waals surface area contributed by atoms with Crippen LogP contribution in [0.3, 0.4) is 0 Å². The van der Waals surface area contributed by atoms with E-state index in [1.165, 1.54) is 0 Å². The van der Waals surface area contributed by atoms with Crippen LogP contribution in [0.15, 0.2) is 24.4 Å². The van der Waals surface area contributed by atoms with Crippen LogP contribution < -0.4 is 10.5 Å². The third-order valence-electron chi connectivity index (χ3n) is 4.03. The summed E-state index contributed by atoms with van der Waals surface area (Å²) in [5, 5.41) is 4.76. The van der Waals surface area contributed by atoms with Crippen LogP contribution in [-0.2, 0) is 0 Å². The van der Waals surface area contributed by atoms with E-state index in [2.05, 4.69) is 9.97 Å². The van der Waals surface area contributed by atoms with Gasteiger partial charge >= 0.3 is 0 Å². The molecule has 6 heteroatoms. The Kier molecular flexibility index (Phi) is 2.79. The summed E-state index contributed by atoms with van der Waals surface area (Å²) in [6.45, 7) is 2.01. The Hall–Kier alpha value is -2.63. The summed E-state index contributed by atoms with van der Waals surface area (Å²) in [6, 6.07) is 5.70. The molecule has 1 saturated carbocycles. The topological polar surface area (TPSA) is 78.3 Å². The largest absolute Gasteiger partial charge is 0.495 e. The molecular formula is C16H17N5O. The standard InChI is InChI=1S/C16H17N5O/c1-9-3-6-13(17)19-15(9)11-8-18-14-7-12(22-2)16(10-4-5-10)20-21(11)14/h3,6-8,10H,4-5H2,1-2H3,(H2,17,19). The molecule has 1 aliphatic rings. The van der Waals surface area contributed by atoms with Gasteiger partial charge in [0, 0.05) is 12.0 Å². The molecule has 0 aromatic carbocycles. The van der Waals surface area contributed by atoms with E-state index in [0.29, 0.717) is 11.7 Å². The zero-order chi connectivity index (χ0) is 15.3. The lowest BCUT2D eigenvalue weighted by Crippen LogP contribution is -2.03. The summed E-state index contributed by atoms with van der Waals surface area (Å²) in [5.74, 6) is 1.79. The zero-order valence-corrected chi connectivity index (χ0v) is 12.6. The number of rotatable bonds is 3. The number of imidazole rings is 1. The highest BCUT2D eigenvalue weighted by Crippen LogP contribution is 2.43. The first-order chi connectivity index (χ1) is 10.7. The van der Waals surface area contributed by atoms with Gasteiger partial charge in [0.15, 0.2) is 5.65 Å². The first-order valence-corrected chi connectivity index (χ1v) is 7.33. The second kappa shape index (κ2) is 4.69. The second-order valence-electron chi connectivity index (χ2n) is 5.69. The van der Waals surface area contributed by atoms with Crippen molar-refractivity contribution < 1.29 is 4.74 Å². The lowest BCUT2D eigenvalue weighted by atomic mass is 10.2. The SMILES string of the molecule is COc1cc2ncc(-c3nc(N)ccc3C)n2nc1C1CC1. The number of aromatic nitrogens is 4. The fourth-order valence-electron chi connectivity index (χ4n) is 2.68. The second-order valence-corrected chi connectivity index (χ2v) is 5.69. The van der Waals surface area contributed by atoms with Crippen molar-refractivity contribution in [2.45, 2.75) is 25.7 Å². The number of aryl methyl sites for hydroxylation is 1. The molecule has 2 N–H and O–H groups in total. The van der Waals surface area contributed by atoms with Gasteiger partial charge in [0.1, 0.15) is 23.0 Å². The molecule has 3 heterocycles. The number of fused-ring (bicyclic) bond motifs is 1. The minimum absolute atomic E-state index is 0.490. The Morgan fingerprint density at radius 2 is 2.14 bits per heavy atom. The molecular weight excluding hydrogens is 278 g/mol. The predicted octanol–water partition coefficient (Wildman–Crippen LogP) is 2.57. The van der Waals surface area contributed by atoms with Gasteiger partial charge in [0.25, 0.3) is 0 Å². The molecule has 0 unspecified atom stereocenters. The Morgan fingerprint density at radius 1 is 1.32 bits per heavy atom. The van der Waals surface area contributed by atoms with Gasteiger partial charge < -0.3 is 10.5 Å². The van der Waals surface area contributed by atoms with E-state index in [0.717, 1.165) is 46.9 Å². The van der Waals surface area contributed by atoms with Gasteiger partial charge in [-0.1, -0.05) is 6.07 Å². The molecule has 0 bridgehead atoms. The maximum absolute atomic E-state index is 5.83. The number of hydrogen-bond acceptors (Lipinski definition) is 5. The van der Waals surface area contributed by atoms with Crippen LogP contribution in [0.1, 0.15) is 30.0 Å². The van der Waals surface area contributed by atoms with Crippen molar-refractivity contribution in [1.29, 1.82) is 0 Å². The van der Waals surface area contributed by atoms with Gasteiger partial charge in [-0.25, -0.2) is 14.5 Å². The molecule has 0 radical (unpaired) electrons. The van der Waals surface area contributed by atoms with Gasteiger partial charge in [-0.15, -0.1) is 0 Å². The Labute approximate surface area is 128 Å². The summed E-state index contributed by atoms with van der Waals surface area (Å²) in [6.07, 6.45) is 4.11. The average Bonchev–Trinajstić information content (AvgIpc) is 3.29. The number of anilines is 1. The van der Waals surface area contributed by atoms with Crippen LogP contribution in [0.25, 0.3) is 17.0 Å². The summed E-state index contributed by atoms with van der Waals surface area (Å²) >= 11 is 0. The van der Waals surface area contributed by atoms with Crippen molar-refractivity contribution >= 4 is 11.5 Å². The van der Waals surface area contributed by atoms with Crippen molar-refractivity contribution in [2.24, 2.45) is 0 Å². The van der Waals surface area contributed by atoms with Crippen LogP contribution in [-0.4, -0.2) is 26.7 Å². The summed E-state index contributed by atoms with van der Waals surface area (Å²) < 4.78 is 7.30. The third-order valence-corrected chi connectivity index (χ3v) is 4.03. The van der Waals surface area contributed by atoms with Crippen LogP contribution in [0.4, 0.5) is 5.82 Å². The predicted molar refractivity (Wildman–Crippen MR) is 83.9 cm³/mol. The fourth-order valence-corrected chi connectivity index (χ4v) is 2.68. The quantitative estimate of drug-likeness (QED) is 0.803. The molecule has 1 aliphatic carbocycles. The highest BCUT2D eigenvalue weighted by molar-refractivity contribution is 5.65. The molecule has 22 heavy (non-hydrogen) atoms. The van der Waals surface area contributed by atoms with Crippen molar-refractivity contribution in [3.63, 3.8) is 0 Å². The van der Waals surface area contributed by atoms with Crippen molar-refractivity contribution in [2.75, 3.05) is 12.8 Å². The van der Waals surface area contributed by atoms with Crippen LogP contribution in [0, 0.1) is 6.92 Å². The molecule has 112 valence electrons. The van der Waals surface area contributed by atoms with Crippen molar-refractivity contribution in [1.82, 2.24) is 19.6 Å². The van der Waals surface area contributed by atoms with Crippen molar-refractivity contribution in [3.05, 3.63) is 35.7 Å². The van der Waals surface area contributed by atoms with Crippen LogP contribution in [0.5, 0.6) is 5.75 Å². The molecule has 4 rings (SSSR count). The third kappa shape index (κ3) is 1.99. The molecule has 0 saturated heterocycles. The first kappa shape index (κ1) is 13.1. The molecule has 3 aromatic heterocycles. The highest BCUT2D eigenvalue weighted by Gasteiger charge is 2.29. The van der Waals surface area contributed by atoms with Gasteiger partial charge in [-0.2, -0.15) is 5.10 Å². The summed E-state index contributed by atoms with van der Waals surface area (Å²) in [4.78, 5) is 8.88. The van der Waals surface area contributed by atoms with Crippen LogP contribution >= 0.6 is 0 Å². The number of nitrogen functional groups attached to an aromatic ring is 1. The maximum atomic E-state index is 5.83. The molecule has 0 spiro atoms. The van der Waals surface area contributed by atoms with Crippen molar-refractivity contribution in [3.8, 4) is 17.1 Å². The molecule has 1 fully saturated rings. The molecule has 0 atom stereocenters. The smallest absolute Gasteiger partial charge is 0.157 e. The molecule has 6 nitrogen and oxygen atoms in total. The minimum Gasteiger partial charge on any atom is -0.495 e. The lowest BCUT2D eigenvalue weighted by Gasteiger charge is -2.09. The highest BCUT2D eigenvalue weighted by atomic mass is 16.5. The monoisotopic (exact) mass is 295 g/mol. The number of ether oxygens (including phenoxy) is 1. The maximum Gasteiger partial charge on any atom is 0.157 e. The fraction of sp³-hybridized carbons (Fsp3) is 0.312. The van der Waals surface area contributed by atoms with E-state index in [9.17, 15) is 0 Å². The Balaban J connectivity index is 1.95. The average molecular weight is 295 g/mol. The minimum atomic E-state index is 0.490. The number of hydrogen-bond donors (Lipinski definition) is 1. The van der Waals surface area contributed by atoms with E-state index in [4.69, 9.17) is 15.6 Å². The number of methoxy groups -OCH3 is 1. The van der Waals surface area contributed by atoms with E-state index < -0.39 is 0 Å². The molecule has 0 amide bonds. The van der Waals surface area contributed by atoms with E-state index >= 15 is 0 Å². The summed E-state index contributed by atoms with van der Waals surface area (Å²) in [5.41, 5.74) is 10.3. The zero-order valence-electron chi connectivity index (χ0n) is 12.6. The lowest BCUT2D eigenvalue weighted by molar-refractivity contribution is 0.405. The number of nitrogens with zero attached hydrogens (tertiary/aromatic N) is 4. The molecule has 0 aliphatic heterocycles. The van der Waals surface area contributed by atoms with E-state index in [1.807, 2.05) is 23.6 Å². The first-order valence-electron chi connectivity index (χ1n) is 7.33. The normalized spacial score (nSPS) is 14.5. The van der Waals surface area contributed by atoms with E-state index in [1.54, 1.807) is 19.4 Å². The van der Waals surface area contributed by atoms with Gasteiger partial charge in [0.05, 0.1) is 19.0 Å². The van der Waals surface area contributed by atoms with Gasteiger partial charge in [-0.3, -0.25) is 0 Å². The Bertz CT molecular complexity index is 866. The number of pyridine rings is 1. The van der Waals surface area contributed by atoms with Crippen LogP contribution in [0.2, 0.25) is 0 Å².